The van der Waals surface area contributed by atoms with Gasteiger partial charge >= 0.3 is 0 Å². The van der Waals surface area contributed by atoms with Crippen LogP contribution in [0.3, 0.4) is 0 Å². The molecule has 0 aliphatic carbocycles. The van der Waals surface area contributed by atoms with Crippen molar-refractivity contribution < 1.29 is 9.21 Å². The van der Waals surface area contributed by atoms with E-state index in [9.17, 15) is 4.79 Å². The van der Waals surface area contributed by atoms with E-state index >= 15 is 0 Å². The number of aryl methyl sites for hydroxylation is 3. The van der Waals surface area contributed by atoms with Crippen LogP contribution in [0.25, 0.3) is 11.3 Å². The highest BCUT2D eigenvalue weighted by Crippen LogP contribution is 2.25. The minimum Gasteiger partial charge on any atom is -0.451 e. The third kappa shape index (κ3) is 4.23. The normalized spacial score (nSPS) is 10.7. The van der Waals surface area contributed by atoms with Crippen LogP contribution in [0.2, 0.25) is 0 Å². The van der Waals surface area contributed by atoms with Crippen LogP contribution in [0.5, 0.6) is 0 Å². The lowest BCUT2D eigenvalue weighted by atomic mass is 10.1. The predicted octanol–water partition coefficient (Wildman–Crippen LogP) is 6.16. The van der Waals surface area contributed by atoms with Crippen LogP contribution in [0.15, 0.2) is 59.0 Å². The number of nitrogens with one attached hydrogen (secondary N) is 1. The Morgan fingerprint density at radius 2 is 1.73 bits per heavy atom. The third-order valence-electron chi connectivity index (χ3n) is 4.65. The number of benzene rings is 2. The van der Waals surface area contributed by atoms with Gasteiger partial charge in [0.1, 0.15) is 5.76 Å². The number of unbranched alkanes of at least 4 members (excludes halogenated alkanes) is 1. The van der Waals surface area contributed by atoms with Crippen LogP contribution in [-0.2, 0) is 6.42 Å². The standard InChI is InChI=1S/C23H25NO2/c1-4-5-6-18-8-11-20(12-9-18)24-23(25)22-14-13-21(26-22)19-10-7-16(2)17(3)15-19/h7-15H,4-6H2,1-3H3,(H,24,25). The first-order chi connectivity index (χ1) is 12.6. The number of furan rings is 1. The van der Waals surface area contributed by atoms with Crippen molar-refractivity contribution in [2.75, 3.05) is 5.32 Å². The topological polar surface area (TPSA) is 42.2 Å². The summed E-state index contributed by atoms with van der Waals surface area (Å²) in [4.78, 5) is 12.4. The van der Waals surface area contributed by atoms with E-state index in [4.69, 9.17) is 4.42 Å². The molecule has 0 radical (unpaired) electrons. The van der Waals surface area contributed by atoms with Crippen LogP contribution in [0.4, 0.5) is 5.69 Å². The fourth-order valence-corrected chi connectivity index (χ4v) is 2.84. The molecule has 1 N–H and O–H groups in total. The van der Waals surface area contributed by atoms with Crippen molar-refractivity contribution in [1.29, 1.82) is 0 Å². The summed E-state index contributed by atoms with van der Waals surface area (Å²) < 4.78 is 5.76. The van der Waals surface area contributed by atoms with Crippen molar-refractivity contribution in [3.05, 3.63) is 77.0 Å². The van der Waals surface area contributed by atoms with Crippen molar-refractivity contribution in [2.45, 2.75) is 40.0 Å². The van der Waals surface area contributed by atoms with Crippen molar-refractivity contribution in [3.8, 4) is 11.3 Å². The maximum Gasteiger partial charge on any atom is 0.291 e. The second-order valence-electron chi connectivity index (χ2n) is 6.72. The van der Waals surface area contributed by atoms with E-state index in [0.717, 1.165) is 17.7 Å². The van der Waals surface area contributed by atoms with Crippen LogP contribution in [0, 0.1) is 13.8 Å². The first-order valence-electron chi connectivity index (χ1n) is 9.14. The van der Waals surface area contributed by atoms with E-state index in [1.807, 2.05) is 24.3 Å². The largest absolute Gasteiger partial charge is 0.451 e. The van der Waals surface area contributed by atoms with Gasteiger partial charge in [-0.15, -0.1) is 0 Å². The highest BCUT2D eigenvalue weighted by molar-refractivity contribution is 6.02. The number of carbonyl (C=O) groups is 1. The molecule has 0 spiro atoms. The first kappa shape index (κ1) is 18.0. The second-order valence-corrected chi connectivity index (χ2v) is 6.72. The molecule has 134 valence electrons. The zero-order chi connectivity index (χ0) is 18.5. The number of anilines is 1. The molecule has 3 rings (SSSR count). The minimum atomic E-state index is -0.235. The van der Waals surface area contributed by atoms with Gasteiger partial charge in [-0.05, 0) is 73.7 Å². The summed E-state index contributed by atoms with van der Waals surface area (Å²) >= 11 is 0. The van der Waals surface area contributed by atoms with Crippen LogP contribution >= 0.6 is 0 Å². The molecular weight excluding hydrogens is 322 g/mol. The number of hydrogen-bond donors (Lipinski definition) is 1. The van der Waals surface area contributed by atoms with Crippen molar-refractivity contribution in [3.63, 3.8) is 0 Å². The summed E-state index contributed by atoms with van der Waals surface area (Å²) in [5.74, 6) is 0.780. The van der Waals surface area contributed by atoms with Gasteiger partial charge in [0.25, 0.3) is 5.91 Å². The quantitative estimate of drug-likeness (QED) is 0.580. The van der Waals surface area contributed by atoms with Gasteiger partial charge < -0.3 is 9.73 Å². The van der Waals surface area contributed by atoms with E-state index in [1.165, 1.54) is 29.5 Å². The third-order valence-corrected chi connectivity index (χ3v) is 4.65. The van der Waals surface area contributed by atoms with Gasteiger partial charge in [-0.1, -0.05) is 37.6 Å². The Kier molecular flexibility index (Phi) is 5.57. The number of rotatable bonds is 6. The second kappa shape index (κ2) is 8.05. The SMILES string of the molecule is CCCCc1ccc(NC(=O)c2ccc(-c3ccc(C)c(C)c3)o2)cc1. The number of hydrogen-bond acceptors (Lipinski definition) is 2. The van der Waals surface area contributed by atoms with Crippen LogP contribution in [-0.4, -0.2) is 5.91 Å². The van der Waals surface area contributed by atoms with Gasteiger partial charge in [-0.25, -0.2) is 0 Å². The maximum atomic E-state index is 12.4. The Morgan fingerprint density at radius 1 is 0.962 bits per heavy atom. The van der Waals surface area contributed by atoms with E-state index < -0.39 is 0 Å². The monoisotopic (exact) mass is 347 g/mol. The zero-order valence-electron chi connectivity index (χ0n) is 15.6. The molecule has 0 aliphatic rings. The molecule has 26 heavy (non-hydrogen) atoms. The van der Waals surface area contributed by atoms with Gasteiger partial charge in [0.05, 0.1) is 0 Å². The molecule has 0 unspecified atom stereocenters. The van der Waals surface area contributed by atoms with E-state index in [-0.39, 0.29) is 5.91 Å². The molecule has 0 aliphatic heterocycles. The Balaban J connectivity index is 1.69. The van der Waals surface area contributed by atoms with Crippen molar-refractivity contribution >= 4 is 11.6 Å². The molecule has 1 amide bonds. The van der Waals surface area contributed by atoms with Gasteiger partial charge in [-0.2, -0.15) is 0 Å². The van der Waals surface area contributed by atoms with Crippen molar-refractivity contribution in [2.24, 2.45) is 0 Å². The molecule has 0 saturated heterocycles. The number of amides is 1. The molecule has 3 aromatic rings. The summed E-state index contributed by atoms with van der Waals surface area (Å²) in [6.07, 6.45) is 3.43. The maximum absolute atomic E-state index is 12.4. The fraction of sp³-hybridized carbons (Fsp3) is 0.261. The lowest BCUT2D eigenvalue weighted by Gasteiger charge is -2.05. The Hall–Kier alpha value is -2.81. The van der Waals surface area contributed by atoms with Gasteiger partial charge in [0.2, 0.25) is 0 Å². The summed E-state index contributed by atoms with van der Waals surface area (Å²) in [7, 11) is 0. The molecule has 1 heterocycles. The lowest BCUT2D eigenvalue weighted by molar-refractivity contribution is 0.0997. The zero-order valence-corrected chi connectivity index (χ0v) is 15.6. The van der Waals surface area contributed by atoms with E-state index in [0.29, 0.717) is 11.5 Å². The average Bonchev–Trinajstić information content (AvgIpc) is 3.14. The molecular formula is C23H25NO2. The molecule has 0 atom stereocenters. The molecule has 0 bridgehead atoms. The van der Waals surface area contributed by atoms with E-state index in [2.05, 4.69) is 50.4 Å². The van der Waals surface area contributed by atoms with Crippen LogP contribution in [0.1, 0.15) is 47.0 Å². The lowest BCUT2D eigenvalue weighted by Crippen LogP contribution is -2.10. The van der Waals surface area contributed by atoms with Gasteiger partial charge in [0, 0.05) is 11.3 Å². The smallest absolute Gasteiger partial charge is 0.291 e. The summed E-state index contributed by atoms with van der Waals surface area (Å²) in [6.45, 7) is 6.33. The van der Waals surface area contributed by atoms with Crippen molar-refractivity contribution in [1.82, 2.24) is 0 Å². The average molecular weight is 347 g/mol. The van der Waals surface area contributed by atoms with Gasteiger partial charge in [0.15, 0.2) is 5.76 Å². The minimum absolute atomic E-state index is 0.235. The summed E-state index contributed by atoms with van der Waals surface area (Å²) in [6, 6.07) is 17.7. The molecule has 3 nitrogen and oxygen atoms in total. The predicted molar refractivity (Wildman–Crippen MR) is 107 cm³/mol. The molecule has 0 fully saturated rings. The summed E-state index contributed by atoms with van der Waals surface area (Å²) in [5.41, 5.74) is 5.49. The number of carbonyl (C=O) groups excluding carboxylic acids is 1. The Bertz CT molecular complexity index is 891. The first-order valence-corrected chi connectivity index (χ1v) is 9.14. The molecule has 3 heteroatoms. The highest BCUT2D eigenvalue weighted by atomic mass is 16.3. The van der Waals surface area contributed by atoms with E-state index in [1.54, 1.807) is 6.07 Å². The van der Waals surface area contributed by atoms with Gasteiger partial charge in [-0.3, -0.25) is 4.79 Å². The Morgan fingerprint density at radius 3 is 2.42 bits per heavy atom. The molecule has 2 aromatic carbocycles. The molecule has 1 aromatic heterocycles. The van der Waals surface area contributed by atoms with Crippen LogP contribution < -0.4 is 5.32 Å². The molecule has 0 saturated carbocycles. The highest BCUT2D eigenvalue weighted by Gasteiger charge is 2.13. The summed E-state index contributed by atoms with van der Waals surface area (Å²) in [5, 5.41) is 2.89. The fourth-order valence-electron chi connectivity index (χ4n) is 2.84. The Labute approximate surface area is 155 Å².